The van der Waals surface area contributed by atoms with Gasteiger partial charge in [0.25, 0.3) is 5.91 Å². The molecule has 3 aromatic rings. The minimum atomic E-state index is -0.530. The maximum Gasteiger partial charge on any atom is 0.277 e. The number of thiazole rings is 1. The molecular formula is C19H19FN4O3S. The van der Waals surface area contributed by atoms with Gasteiger partial charge in [-0.15, -0.1) is 11.3 Å². The number of aryl methyl sites for hydroxylation is 2. The third-order valence-corrected chi connectivity index (χ3v) is 4.68. The molecule has 146 valence electrons. The minimum Gasteiger partial charge on any atom is -0.446 e. The van der Waals surface area contributed by atoms with E-state index in [2.05, 4.69) is 20.6 Å². The largest absolute Gasteiger partial charge is 0.446 e. The molecule has 0 saturated heterocycles. The topological polar surface area (TPSA) is 97.1 Å². The van der Waals surface area contributed by atoms with Crippen molar-refractivity contribution in [2.75, 3.05) is 5.32 Å². The minimum absolute atomic E-state index is 0.0401. The Morgan fingerprint density at radius 3 is 2.86 bits per heavy atom. The first kappa shape index (κ1) is 19.7. The van der Waals surface area contributed by atoms with Crippen LogP contribution in [0.25, 0.3) is 0 Å². The van der Waals surface area contributed by atoms with E-state index in [9.17, 15) is 14.0 Å². The Kier molecular flexibility index (Phi) is 6.15. The zero-order valence-electron chi connectivity index (χ0n) is 15.4. The number of carbonyl (C=O) groups excluding carboxylic acids is 2. The van der Waals surface area contributed by atoms with Crippen LogP contribution in [0.3, 0.4) is 0 Å². The lowest BCUT2D eigenvalue weighted by Crippen LogP contribution is -2.27. The number of benzene rings is 1. The normalized spacial score (nSPS) is 11.8. The second-order valence-electron chi connectivity index (χ2n) is 6.18. The summed E-state index contributed by atoms with van der Waals surface area (Å²) in [7, 11) is 0. The molecule has 1 atom stereocenters. The molecule has 2 heterocycles. The number of carbonyl (C=O) groups is 2. The van der Waals surface area contributed by atoms with Crippen molar-refractivity contribution in [1.82, 2.24) is 15.3 Å². The standard InChI is InChI=1S/C19H19FN4O3S/c1-11(21-17(25)7-6-15-10-28-12(2)22-15)19-24-16(9-27-19)18(26)23-14-5-3-4-13(20)8-14/h3-5,8-11H,6-7H2,1-2H3,(H,21,25)(H,23,26)/t11-/m0/s1. The number of hydrogen-bond acceptors (Lipinski definition) is 6. The van der Waals surface area contributed by atoms with Gasteiger partial charge < -0.3 is 15.1 Å². The second-order valence-corrected chi connectivity index (χ2v) is 7.24. The summed E-state index contributed by atoms with van der Waals surface area (Å²) in [6.07, 6.45) is 2.04. The van der Waals surface area contributed by atoms with Crippen molar-refractivity contribution >= 4 is 28.8 Å². The number of aromatic nitrogens is 2. The Bertz CT molecular complexity index is 985. The van der Waals surface area contributed by atoms with Crippen molar-refractivity contribution in [3.05, 3.63) is 64.0 Å². The Morgan fingerprint density at radius 2 is 2.14 bits per heavy atom. The molecule has 0 bridgehead atoms. The zero-order valence-corrected chi connectivity index (χ0v) is 16.2. The lowest BCUT2D eigenvalue weighted by Gasteiger charge is -2.09. The quantitative estimate of drug-likeness (QED) is 0.629. The summed E-state index contributed by atoms with van der Waals surface area (Å²) in [5.74, 6) is -0.940. The van der Waals surface area contributed by atoms with E-state index < -0.39 is 17.8 Å². The Hall–Kier alpha value is -3.07. The lowest BCUT2D eigenvalue weighted by molar-refractivity contribution is -0.121. The Morgan fingerprint density at radius 1 is 1.32 bits per heavy atom. The molecule has 0 fully saturated rings. The predicted octanol–water partition coefficient (Wildman–Crippen LogP) is 3.64. The summed E-state index contributed by atoms with van der Waals surface area (Å²) in [5.41, 5.74) is 1.24. The van der Waals surface area contributed by atoms with Crippen LogP contribution < -0.4 is 10.6 Å². The third kappa shape index (κ3) is 5.23. The molecule has 0 unspecified atom stereocenters. The maximum absolute atomic E-state index is 13.2. The van der Waals surface area contributed by atoms with Gasteiger partial charge in [0.1, 0.15) is 18.1 Å². The fourth-order valence-corrected chi connectivity index (χ4v) is 3.14. The van der Waals surface area contributed by atoms with Crippen LogP contribution in [0.5, 0.6) is 0 Å². The molecule has 3 rings (SSSR count). The lowest BCUT2D eigenvalue weighted by atomic mass is 10.2. The van der Waals surface area contributed by atoms with Gasteiger partial charge in [-0.2, -0.15) is 0 Å². The second kappa shape index (κ2) is 8.75. The molecule has 0 aliphatic carbocycles. The van der Waals surface area contributed by atoms with E-state index in [1.54, 1.807) is 24.3 Å². The van der Waals surface area contributed by atoms with Crippen LogP contribution >= 0.6 is 11.3 Å². The maximum atomic E-state index is 13.2. The number of anilines is 1. The SMILES string of the molecule is Cc1nc(CCC(=O)N[C@@H](C)c2nc(C(=O)Nc3cccc(F)c3)co2)cs1. The highest BCUT2D eigenvalue weighted by molar-refractivity contribution is 7.09. The molecule has 2 N–H and O–H groups in total. The van der Waals surface area contributed by atoms with Crippen molar-refractivity contribution in [2.24, 2.45) is 0 Å². The summed E-state index contributed by atoms with van der Waals surface area (Å²) in [5, 5.41) is 8.22. The molecule has 0 saturated carbocycles. The monoisotopic (exact) mass is 402 g/mol. The molecule has 0 aliphatic rings. The third-order valence-electron chi connectivity index (χ3n) is 3.86. The van der Waals surface area contributed by atoms with Crippen LogP contribution in [0.4, 0.5) is 10.1 Å². The zero-order chi connectivity index (χ0) is 20.1. The fraction of sp³-hybridized carbons (Fsp3) is 0.263. The van der Waals surface area contributed by atoms with E-state index in [0.29, 0.717) is 18.5 Å². The van der Waals surface area contributed by atoms with E-state index in [-0.39, 0.29) is 17.5 Å². The number of nitrogens with zero attached hydrogens (tertiary/aromatic N) is 2. The molecular weight excluding hydrogens is 383 g/mol. The van der Waals surface area contributed by atoms with Crippen molar-refractivity contribution in [3.8, 4) is 0 Å². The molecule has 1 aromatic carbocycles. The number of rotatable bonds is 7. The summed E-state index contributed by atoms with van der Waals surface area (Å²) in [4.78, 5) is 32.7. The average Bonchev–Trinajstić information content (AvgIpc) is 3.29. The van der Waals surface area contributed by atoms with Gasteiger partial charge in [-0.05, 0) is 38.5 Å². The van der Waals surface area contributed by atoms with Gasteiger partial charge in [0.2, 0.25) is 11.8 Å². The smallest absolute Gasteiger partial charge is 0.277 e. The first-order valence-electron chi connectivity index (χ1n) is 8.63. The first-order chi connectivity index (χ1) is 13.4. The van der Waals surface area contributed by atoms with Crippen LogP contribution in [0.2, 0.25) is 0 Å². The summed E-state index contributed by atoms with van der Waals surface area (Å²) < 4.78 is 18.5. The van der Waals surface area contributed by atoms with Gasteiger partial charge in [0.05, 0.1) is 10.7 Å². The number of halogens is 1. The summed E-state index contributed by atoms with van der Waals surface area (Å²) in [6, 6.07) is 5.04. The molecule has 0 radical (unpaired) electrons. The van der Waals surface area contributed by atoms with E-state index in [1.807, 2.05) is 12.3 Å². The molecule has 0 spiro atoms. The fourth-order valence-electron chi connectivity index (χ4n) is 2.49. The predicted molar refractivity (Wildman–Crippen MR) is 103 cm³/mol. The Balaban J connectivity index is 1.53. The van der Waals surface area contributed by atoms with E-state index in [1.165, 1.54) is 24.5 Å². The summed E-state index contributed by atoms with van der Waals surface area (Å²) in [6.45, 7) is 3.63. The molecule has 2 aromatic heterocycles. The molecule has 7 nitrogen and oxygen atoms in total. The number of hydrogen-bond donors (Lipinski definition) is 2. The highest BCUT2D eigenvalue weighted by atomic mass is 32.1. The number of nitrogens with one attached hydrogen (secondary N) is 2. The molecule has 9 heteroatoms. The highest BCUT2D eigenvalue weighted by Gasteiger charge is 2.18. The first-order valence-corrected chi connectivity index (χ1v) is 9.51. The molecule has 28 heavy (non-hydrogen) atoms. The molecule has 2 amide bonds. The van der Waals surface area contributed by atoms with Crippen LogP contribution in [0.15, 0.2) is 40.3 Å². The van der Waals surface area contributed by atoms with Gasteiger partial charge in [0, 0.05) is 17.5 Å². The van der Waals surface area contributed by atoms with Gasteiger partial charge in [0.15, 0.2) is 5.69 Å². The number of oxazole rings is 1. The van der Waals surface area contributed by atoms with Crippen LogP contribution in [-0.2, 0) is 11.2 Å². The van der Waals surface area contributed by atoms with Crippen molar-refractivity contribution in [3.63, 3.8) is 0 Å². The van der Waals surface area contributed by atoms with Gasteiger partial charge in [-0.3, -0.25) is 9.59 Å². The number of amides is 2. The van der Waals surface area contributed by atoms with Gasteiger partial charge in [-0.25, -0.2) is 14.4 Å². The van der Waals surface area contributed by atoms with Crippen molar-refractivity contribution in [2.45, 2.75) is 32.7 Å². The van der Waals surface area contributed by atoms with Crippen molar-refractivity contribution in [1.29, 1.82) is 0 Å². The average molecular weight is 402 g/mol. The van der Waals surface area contributed by atoms with E-state index >= 15 is 0 Å². The van der Waals surface area contributed by atoms with Crippen molar-refractivity contribution < 1.29 is 18.4 Å². The van der Waals surface area contributed by atoms with Gasteiger partial charge >= 0.3 is 0 Å². The van der Waals surface area contributed by atoms with E-state index in [4.69, 9.17) is 4.42 Å². The van der Waals surface area contributed by atoms with Crippen LogP contribution in [0.1, 0.15) is 46.5 Å². The van der Waals surface area contributed by atoms with Crippen LogP contribution in [-0.4, -0.2) is 21.8 Å². The Labute approximate surface area is 165 Å². The van der Waals surface area contributed by atoms with E-state index in [0.717, 1.165) is 10.7 Å². The van der Waals surface area contributed by atoms with Gasteiger partial charge in [-0.1, -0.05) is 6.07 Å². The van der Waals surface area contributed by atoms with Crippen LogP contribution in [0, 0.1) is 12.7 Å². The highest BCUT2D eigenvalue weighted by Crippen LogP contribution is 2.15. The molecule has 0 aliphatic heterocycles. The summed E-state index contributed by atoms with van der Waals surface area (Å²) >= 11 is 1.55.